The zero-order valence-corrected chi connectivity index (χ0v) is 20.9. The van der Waals surface area contributed by atoms with Crippen molar-refractivity contribution in [2.24, 2.45) is 0 Å². The van der Waals surface area contributed by atoms with Crippen LogP contribution in [0.15, 0.2) is 66.7 Å². The van der Waals surface area contributed by atoms with Crippen LogP contribution in [-0.2, 0) is 17.4 Å². The van der Waals surface area contributed by atoms with Gasteiger partial charge >= 0.3 is 12.1 Å². The van der Waals surface area contributed by atoms with Crippen molar-refractivity contribution in [3.05, 3.63) is 98.5 Å². The average Bonchev–Trinajstić information content (AvgIpc) is 2.82. The number of pyridine rings is 1. The number of fused-ring (bicyclic) bond motifs is 1. The Kier molecular flexibility index (Phi) is 7.64. The third kappa shape index (κ3) is 5.98. The Morgan fingerprint density at radius 2 is 1.62 bits per heavy atom. The quantitative estimate of drug-likeness (QED) is 0.256. The Morgan fingerprint density at radius 3 is 2.27 bits per heavy atom. The summed E-state index contributed by atoms with van der Waals surface area (Å²) in [5, 5.41) is 13.0. The van der Waals surface area contributed by atoms with E-state index in [2.05, 4.69) is 10.3 Å². The molecule has 1 heterocycles. The van der Waals surface area contributed by atoms with Gasteiger partial charge < -0.3 is 10.4 Å². The third-order valence-corrected chi connectivity index (χ3v) is 6.52. The van der Waals surface area contributed by atoms with Gasteiger partial charge in [0.25, 0.3) is 5.91 Å². The van der Waals surface area contributed by atoms with Crippen LogP contribution >= 0.6 is 34.8 Å². The van der Waals surface area contributed by atoms with E-state index in [1.807, 2.05) is 0 Å². The number of nitrogens with one attached hydrogen (secondary N) is 1. The summed E-state index contributed by atoms with van der Waals surface area (Å²) in [7, 11) is 0. The summed E-state index contributed by atoms with van der Waals surface area (Å²) >= 11 is 18.2. The predicted molar refractivity (Wildman–Crippen MR) is 136 cm³/mol. The van der Waals surface area contributed by atoms with Crippen LogP contribution in [0, 0.1) is 0 Å². The van der Waals surface area contributed by atoms with Gasteiger partial charge in [0, 0.05) is 22.4 Å². The van der Waals surface area contributed by atoms with E-state index in [1.165, 1.54) is 24.3 Å². The SMILES string of the molecule is O=C(NC(Cc1ccc2nc(-c3cc(C(F)(F)F)ccc3Cl)ccc2c1)C(=O)O)c1c(Cl)cccc1Cl. The van der Waals surface area contributed by atoms with Gasteiger partial charge in [-0.25, -0.2) is 9.78 Å². The molecule has 2 N–H and O–H groups in total. The number of carboxylic acids is 1. The Bertz CT molecular complexity index is 1510. The molecule has 0 radical (unpaired) electrons. The number of amides is 1. The van der Waals surface area contributed by atoms with Crippen molar-refractivity contribution in [2.45, 2.75) is 18.6 Å². The molecule has 0 saturated heterocycles. The molecule has 37 heavy (non-hydrogen) atoms. The lowest BCUT2D eigenvalue weighted by atomic mass is 10.0. The number of carbonyl (C=O) groups excluding carboxylic acids is 1. The van der Waals surface area contributed by atoms with Crippen molar-refractivity contribution >= 4 is 57.6 Å². The highest BCUT2D eigenvalue weighted by molar-refractivity contribution is 6.39. The van der Waals surface area contributed by atoms with E-state index in [9.17, 15) is 27.9 Å². The van der Waals surface area contributed by atoms with Crippen LogP contribution < -0.4 is 5.32 Å². The Morgan fingerprint density at radius 1 is 0.919 bits per heavy atom. The minimum atomic E-state index is -4.53. The number of aromatic nitrogens is 1. The minimum absolute atomic E-state index is 0.0272. The topological polar surface area (TPSA) is 79.3 Å². The first kappa shape index (κ1) is 26.7. The van der Waals surface area contributed by atoms with Crippen LogP contribution in [0.4, 0.5) is 13.2 Å². The first-order valence-corrected chi connectivity index (χ1v) is 11.8. The molecule has 0 spiro atoms. The molecular weight excluding hydrogens is 552 g/mol. The lowest BCUT2D eigenvalue weighted by Gasteiger charge is -2.16. The van der Waals surface area contributed by atoms with Gasteiger partial charge in [0.2, 0.25) is 0 Å². The number of hydrogen-bond acceptors (Lipinski definition) is 3. The first-order chi connectivity index (χ1) is 17.4. The number of carboxylic acid groups (broad SMARTS) is 1. The molecule has 0 bridgehead atoms. The molecule has 190 valence electrons. The molecule has 1 unspecified atom stereocenters. The molecule has 0 aliphatic rings. The van der Waals surface area contributed by atoms with E-state index >= 15 is 0 Å². The third-order valence-electron chi connectivity index (χ3n) is 5.56. The van der Waals surface area contributed by atoms with Crippen LogP contribution in [0.5, 0.6) is 0 Å². The number of halogens is 6. The van der Waals surface area contributed by atoms with Gasteiger partial charge in [-0.2, -0.15) is 13.2 Å². The van der Waals surface area contributed by atoms with Crippen LogP contribution in [0.1, 0.15) is 21.5 Å². The van der Waals surface area contributed by atoms with Gasteiger partial charge in [-0.3, -0.25) is 4.79 Å². The fourth-order valence-electron chi connectivity index (χ4n) is 3.73. The average molecular weight is 568 g/mol. The Labute approximate surface area is 223 Å². The second-order valence-electron chi connectivity index (χ2n) is 8.08. The molecular formula is C26H16Cl3F3N2O3. The zero-order chi connectivity index (χ0) is 26.9. The minimum Gasteiger partial charge on any atom is -0.480 e. The molecule has 11 heteroatoms. The smallest absolute Gasteiger partial charge is 0.416 e. The number of hydrogen-bond donors (Lipinski definition) is 2. The highest BCUT2D eigenvalue weighted by atomic mass is 35.5. The fourth-order valence-corrected chi connectivity index (χ4v) is 4.51. The summed E-state index contributed by atoms with van der Waals surface area (Å²) in [6.07, 6.45) is -4.58. The van der Waals surface area contributed by atoms with Crippen LogP contribution in [0.25, 0.3) is 22.2 Å². The maximum absolute atomic E-state index is 13.1. The van der Waals surface area contributed by atoms with Gasteiger partial charge in [-0.05, 0) is 54.1 Å². The molecule has 3 aromatic carbocycles. The molecule has 1 amide bonds. The zero-order valence-electron chi connectivity index (χ0n) is 18.6. The van der Waals surface area contributed by atoms with Crippen LogP contribution in [0.3, 0.4) is 0 Å². The highest BCUT2D eigenvalue weighted by Gasteiger charge is 2.31. The lowest BCUT2D eigenvalue weighted by Crippen LogP contribution is -2.42. The molecule has 0 aliphatic carbocycles. The van der Waals surface area contributed by atoms with E-state index in [1.54, 1.807) is 30.3 Å². The number of benzene rings is 3. The van der Waals surface area contributed by atoms with Gasteiger partial charge in [-0.1, -0.05) is 53.0 Å². The van der Waals surface area contributed by atoms with Crippen molar-refractivity contribution < 1.29 is 27.9 Å². The number of nitrogens with zero attached hydrogens (tertiary/aromatic N) is 1. The maximum Gasteiger partial charge on any atom is 0.416 e. The van der Waals surface area contributed by atoms with Crippen molar-refractivity contribution in [1.82, 2.24) is 10.3 Å². The van der Waals surface area contributed by atoms with Gasteiger partial charge in [0.15, 0.2) is 0 Å². The number of carbonyl (C=O) groups is 2. The molecule has 1 aromatic heterocycles. The van der Waals surface area contributed by atoms with E-state index in [-0.39, 0.29) is 38.3 Å². The van der Waals surface area contributed by atoms with E-state index in [0.29, 0.717) is 16.5 Å². The summed E-state index contributed by atoms with van der Waals surface area (Å²) in [4.78, 5) is 28.9. The molecule has 0 saturated carbocycles. The van der Waals surface area contributed by atoms with Crippen molar-refractivity contribution in [2.75, 3.05) is 0 Å². The molecule has 0 fully saturated rings. The molecule has 4 rings (SSSR count). The fraction of sp³-hybridized carbons (Fsp3) is 0.115. The van der Waals surface area contributed by atoms with Crippen molar-refractivity contribution in [3.63, 3.8) is 0 Å². The summed E-state index contributed by atoms with van der Waals surface area (Å²) in [6, 6.07) is 14.3. The second-order valence-corrected chi connectivity index (χ2v) is 9.30. The van der Waals surface area contributed by atoms with E-state index in [4.69, 9.17) is 34.8 Å². The largest absolute Gasteiger partial charge is 0.480 e. The van der Waals surface area contributed by atoms with Crippen LogP contribution in [0.2, 0.25) is 15.1 Å². The van der Waals surface area contributed by atoms with Crippen molar-refractivity contribution in [1.29, 1.82) is 0 Å². The summed E-state index contributed by atoms with van der Waals surface area (Å²) in [6.45, 7) is 0. The molecule has 5 nitrogen and oxygen atoms in total. The van der Waals surface area contributed by atoms with Gasteiger partial charge in [0.1, 0.15) is 6.04 Å². The number of aliphatic carboxylic acids is 1. The van der Waals surface area contributed by atoms with Crippen LogP contribution in [-0.4, -0.2) is 28.0 Å². The monoisotopic (exact) mass is 566 g/mol. The summed E-state index contributed by atoms with van der Waals surface area (Å²) in [5.74, 6) is -1.99. The molecule has 4 aromatic rings. The Balaban J connectivity index is 1.59. The lowest BCUT2D eigenvalue weighted by molar-refractivity contribution is -0.139. The standard InChI is InChI=1S/C26H16Cl3F3N2O3/c27-17-7-6-15(26(30,31)32)12-16(17)21-9-5-14-10-13(4-8-20(14)33-21)11-22(25(36)37)34-24(35)23-18(28)2-1-3-19(23)29/h1-10,12,22H,11H2,(H,34,35)(H,36,37). The van der Waals surface area contributed by atoms with E-state index < -0.39 is 29.7 Å². The van der Waals surface area contributed by atoms with Gasteiger partial charge in [-0.15, -0.1) is 0 Å². The van der Waals surface area contributed by atoms with Crippen molar-refractivity contribution in [3.8, 4) is 11.3 Å². The summed E-state index contributed by atoms with van der Waals surface area (Å²) in [5.41, 5.74) is 0.563. The molecule has 1 atom stereocenters. The van der Waals surface area contributed by atoms with E-state index in [0.717, 1.165) is 12.1 Å². The molecule has 0 aliphatic heterocycles. The maximum atomic E-state index is 13.1. The van der Waals surface area contributed by atoms with Gasteiger partial charge in [0.05, 0.1) is 32.4 Å². The first-order valence-electron chi connectivity index (χ1n) is 10.7. The second kappa shape index (κ2) is 10.6. The number of alkyl halides is 3. The number of rotatable bonds is 6. The summed E-state index contributed by atoms with van der Waals surface area (Å²) < 4.78 is 39.4. The Hall–Kier alpha value is -3.33. The predicted octanol–water partition coefficient (Wildman–Crippen LogP) is 7.31. The normalized spacial score (nSPS) is 12.4. The highest BCUT2D eigenvalue weighted by Crippen LogP contribution is 2.36.